The first-order chi connectivity index (χ1) is 8.54. The third-order valence-electron chi connectivity index (χ3n) is 2.46. The molecule has 0 aliphatic heterocycles. The predicted octanol–water partition coefficient (Wildman–Crippen LogP) is 4.91. The molecule has 1 heterocycles. The van der Waals surface area contributed by atoms with Crippen LogP contribution in [0.2, 0.25) is 10.0 Å². The summed E-state index contributed by atoms with van der Waals surface area (Å²) in [4.78, 5) is 0.790. The zero-order valence-corrected chi connectivity index (χ0v) is 13.2. The molecule has 2 rings (SSSR count). The van der Waals surface area contributed by atoms with Gasteiger partial charge in [0, 0.05) is 16.1 Å². The second-order valence-electron chi connectivity index (χ2n) is 3.54. The number of aliphatic hydroxyl groups is 1. The van der Waals surface area contributed by atoms with Gasteiger partial charge in [-0.3, -0.25) is 0 Å². The van der Waals surface area contributed by atoms with Crippen LogP contribution < -0.4 is 4.74 Å². The van der Waals surface area contributed by atoms with Gasteiger partial charge in [-0.25, -0.2) is 0 Å². The van der Waals surface area contributed by atoms with Crippen LogP contribution >= 0.6 is 50.5 Å². The molecule has 6 heteroatoms. The van der Waals surface area contributed by atoms with E-state index in [0.717, 1.165) is 9.35 Å². The number of halogens is 3. The van der Waals surface area contributed by atoms with Crippen LogP contribution in [0.15, 0.2) is 28.1 Å². The van der Waals surface area contributed by atoms with E-state index < -0.39 is 6.10 Å². The number of benzene rings is 1. The van der Waals surface area contributed by atoms with E-state index in [-0.39, 0.29) is 0 Å². The van der Waals surface area contributed by atoms with E-state index in [0.29, 0.717) is 21.4 Å². The highest BCUT2D eigenvalue weighted by molar-refractivity contribution is 9.10. The summed E-state index contributed by atoms with van der Waals surface area (Å²) >= 11 is 17.0. The lowest BCUT2D eigenvalue weighted by Gasteiger charge is -2.14. The summed E-state index contributed by atoms with van der Waals surface area (Å²) in [7, 11) is 1.52. The zero-order chi connectivity index (χ0) is 13.3. The number of ether oxygens (including phenoxy) is 1. The molecule has 2 nitrogen and oxygen atoms in total. The Morgan fingerprint density at radius 1 is 1.33 bits per heavy atom. The van der Waals surface area contributed by atoms with Crippen LogP contribution in [0.5, 0.6) is 5.75 Å². The van der Waals surface area contributed by atoms with Gasteiger partial charge >= 0.3 is 0 Å². The van der Waals surface area contributed by atoms with Gasteiger partial charge in [-0.1, -0.05) is 23.2 Å². The molecule has 2 aromatic rings. The molecule has 1 aromatic carbocycles. The van der Waals surface area contributed by atoms with E-state index in [1.165, 1.54) is 18.4 Å². The molecular formula is C12H9BrCl2O2S. The monoisotopic (exact) mass is 366 g/mol. The third-order valence-corrected chi connectivity index (χ3v) is 5.00. The number of hydrogen-bond acceptors (Lipinski definition) is 3. The Hall–Kier alpha value is -0.260. The highest BCUT2D eigenvalue weighted by atomic mass is 79.9. The van der Waals surface area contributed by atoms with Crippen molar-refractivity contribution < 1.29 is 9.84 Å². The molecule has 96 valence electrons. The Morgan fingerprint density at radius 3 is 2.61 bits per heavy atom. The largest absolute Gasteiger partial charge is 0.495 e. The Morgan fingerprint density at radius 2 is 2.06 bits per heavy atom. The summed E-state index contributed by atoms with van der Waals surface area (Å²) in [6, 6.07) is 5.10. The topological polar surface area (TPSA) is 29.5 Å². The van der Waals surface area contributed by atoms with Gasteiger partial charge in [0.15, 0.2) is 0 Å². The van der Waals surface area contributed by atoms with Crippen LogP contribution in [0, 0.1) is 0 Å². The van der Waals surface area contributed by atoms with Crippen molar-refractivity contribution in [3.05, 3.63) is 48.5 Å². The summed E-state index contributed by atoms with van der Waals surface area (Å²) in [6.45, 7) is 0. The molecule has 1 N–H and O–H groups in total. The first-order valence-corrected chi connectivity index (χ1v) is 7.41. The molecule has 0 saturated carbocycles. The highest BCUT2D eigenvalue weighted by Gasteiger charge is 2.19. The van der Waals surface area contributed by atoms with Crippen molar-refractivity contribution in [1.82, 2.24) is 0 Å². The van der Waals surface area contributed by atoms with E-state index in [9.17, 15) is 5.11 Å². The van der Waals surface area contributed by atoms with Gasteiger partial charge in [0.1, 0.15) is 11.9 Å². The Labute approximate surface area is 127 Å². The number of hydrogen-bond donors (Lipinski definition) is 1. The SMILES string of the molecule is COc1cc(Cl)c(C(O)c2sccc2Br)cc1Cl. The van der Waals surface area contributed by atoms with E-state index in [2.05, 4.69) is 15.9 Å². The van der Waals surface area contributed by atoms with Crippen molar-refractivity contribution in [3.8, 4) is 5.75 Å². The maximum Gasteiger partial charge on any atom is 0.138 e. The fraction of sp³-hybridized carbons (Fsp3) is 0.167. The molecule has 0 saturated heterocycles. The molecule has 0 aliphatic rings. The lowest BCUT2D eigenvalue weighted by atomic mass is 10.1. The molecule has 18 heavy (non-hydrogen) atoms. The average Bonchev–Trinajstić information content (AvgIpc) is 2.77. The summed E-state index contributed by atoms with van der Waals surface area (Å²) in [6.07, 6.45) is -0.810. The van der Waals surface area contributed by atoms with Crippen molar-refractivity contribution in [3.63, 3.8) is 0 Å². The Bertz CT molecular complexity index is 571. The molecule has 0 spiro atoms. The van der Waals surface area contributed by atoms with Gasteiger partial charge in [-0.15, -0.1) is 11.3 Å². The number of aliphatic hydroxyl groups excluding tert-OH is 1. The standard InChI is InChI=1S/C12H9BrCl2O2S/c1-17-10-5-8(14)6(4-9(10)15)11(16)12-7(13)2-3-18-12/h2-5,11,16H,1H3. The Balaban J connectivity index is 2.46. The number of thiophene rings is 1. The maximum atomic E-state index is 10.3. The fourth-order valence-corrected chi connectivity index (χ4v) is 3.65. The molecule has 1 atom stereocenters. The van der Waals surface area contributed by atoms with Crippen molar-refractivity contribution in [1.29, 1.82) is 0 Å². The summed E-state index contributed by atoms with van der Waals surface area (Å²) in [5.74, 6) is 0.489. The van der Waals surface area contributed by atoms with Gasteiger partial charge in [-0.05, 0) is 33.4 Å². The highest BCUT2D eigenvalue weighted by Crippen LogP contribution is 2.39. The van der Waals surface area contributed by atoms with Crippen LogP contribution in [0.25, 0.3) is 0 Å². The van der Waals surface area contributed by atoms with E-state index >= 15 is 0 Å². The van der Waals surface area contributed by atoms with Gasteiger partial charge in [0.2, 0.25) is 0 Å². The average molecular weight is 368 g/mol. The van der Waals surface area contributed by atoms with Gasteiger partial charge < -0.3 is 9.84 Å². The van der Waals surface area contributed by atoms with Gasteiger partial charge in [-0.2, -0.15) is 0 Å². The van der Waals surface area contributed by atoms with Crippen molar-refractivity contribution in [2.24, 2.45) is 0 Å². The minimum atomic E-state index is -0.810. The lowest BCUT2D eigenvalue weighted by Crippen LogP contribution is -2.00. The first kappa shape index (κ1) is 14.2. The smallest absolute Gasteiger partial charge is 0.138 e. The van der Waals surface area contributed by atoms with Crippen LogP contribution in [0.3, 0.4) is 0 Å². The van der Waals surface area contributed by atoms with Crippen molar-refractivity contribution >= 4 is 50.5 Å². The molecule has 0 fully saturated rings. The Kier molecular flexibility index (Phi) is 4.56. The van der Waals surface area contributed by atoms with Gasteiger partial charge in [0.05, 0.1) is 22.0 Å². The molecule has 1 unspecified atom stereocenters. The molecule has 0 radical (unpaired) electrons. The van der Waals surface area contributed by atoms with Gasteiger partial charge in [0.25, 0.3) is 0 Å². The zero-order valence-electron chi connectivity index (χ0n) is 9.28. The quantitative estimate of drug-likeness (QED) is 0.835. The minimum Gasteiger partial charge on any atom is -0.495 e. The van der Waals surface area contributed by atoms with Crippen molar-refractivity contribution in [2.75, 3.05) is 7.11 Å². The summed E-state index contributed by atoms with van der Waals surface area (Å²) < 4.78 is 5.92. The van der Waals surface area contributed by atoms with Crippen LogP contribution in [0.4, 0.5) is 0 Å². The van der Waals surface area contributed by atoms with E-state index in [4.69, 9.17) is 27.9 Å². The predicted molar refractivity (Wildman–Crippen MR) is 79.1 cm³/mol. The van der Waals surface area contributed by atoms with Crippen LogP contribution in [0.1, 0.15) is 16.5 Å². The molecular weight excluding hydrogens is 359 g/mol. The molecule has 0 aliphatic carbocycles. The molecule has 0 bridgehead atoms. The summed E-state index contributed by atoms with van der Waals surface area (Å²) in [5.41, 5.74) is 0.561. The van der Waals surface area contributed by atoms with Crippen molar-refractivity contribution in [2.45, 2.75) is 6.10 Å². The number of rotatable bonds is 3. The maximum absolute atomic E-state index is 10.3. The normalized spacial score (nSPS) is 12.5. The third kappa shape index (κ3) is 2.68. The molecule has 1 aromatic heterocycles. The van der Waals surface area contributed by atoms with Crippen LogP contribution in [-0.2, 0) is 0 Å². The molecule has 0 amide bonds. The second-order valence-corrected chi connectivity index (χ2v) is 6.16. The fourth-order valence-electron chi connectivity index (χ4n) is 1.55. The van der Waals surface area contributed by atoms with E-state index in [1.807, 2.05) is 11.4 Å². The van der Waals surface area contributed by atoms with E-state index in [1.54, 1.807) is 12.1 Å². The number of methoxy groups -OCH3 is 1. The second kappa shape index (κ2) is 5.80. The van der Waals surface area contributed by atoms with Crippen LogP contribution in [-0.4, -0.2) is 12.2 Å². The first-order valence-electron chi connectivity index (χ1n) is 4.98. The minimum absolute atomic E-state index is 0.420. The lowest BCUT2D eigenvalue weighted by molar-refractivity contribution is 0.223. The summed E-state index contributed by atoms with van der Waals surface area (Å²) in [5, 5.41) is 13.1.